The van der Waals surface area contributed by atoms with E-state index in [9.17, 15) is 19.8 Å². The van der Waals surface area contributed by atoms with Crippen LogP contribution in [0.25, 0.3) is 10.4 Å². The van der Waals surface area contributed by atoms with E-state index < -0.39 is 54.8 Å². The summed E-state index contributed by atoms with van der Waals surface area (Å²) in [6.45, 7) is 0.293. The lowest BCUT2D eigenvalue weighted by Gasteiger charge is -2.37. The molecule has 0 aliphatic carbocycles. The molecule has 5 atom stereocenters. The topological polar surface area (TPSA) is 171 Å². The van der Waals surface area contributed by atoms with Gasteiger partial charge in [-0.2, -0.15) is 0 Å². The van der Waals surface area contributed by atoms with Gasteiger partial charge in [0, 0.05) is 17.9 Å². The number of ether oxygens (including phenoxy) is 3. The number of carbonyl (C=O) groups is 2. The lowest BCUT2D eigenvalue weighted by Crippen LogP contribution is -2.53. The van der Waals surface area contributed by atoms with E-state index in [2.05, 4.69) is 14.8 Å². The summed E-state index contributed by atoms with van der Waals surface area (Å²) in [4.78, 5) is 25.4. The Balaban J connectivity index is 3.25. The number of esters is 2. The lowest BCUT2D eigenvalue weighted by molar-refractivity contribution is -0.159. The zero-order chi connectivity index (χ0) is 17.6. The smallest absolute Gasteiger partial charge is 0.373 e. The van der Waals surface area contributed by atoms with Crippen LogP contribution in [0.4, 0.5) is 0 Å². The number of aliphatic hydroxyl groups is 3. The van der Waals surface area contributed by atoms with Crippen LogP contribution < -0.4 is 0 Å². The molecule has 0 aromatic carbocycles. The highest BCUT2D eigenvalue weighted by atomic mass is 16.6. The number of azide groups is 1. The standard InChI is InChI=1S/C12H17N3O8/c1-5(17)22-7-3-8(12(20)21-2)23-11(9(7)14-15-13)10(19)6(18)4-16/h3,6-7,9-11,16,18-19H,4H2,1-2H3/t6-,7+,9-,10-,11-/m1/s1. The highest BCUT2D eigenvalue weighted by Gasteiger charge is 2.44. The molecule has 0 fully saturated rings. The molecule has 0 aromatic heterocycles. The molecule has 11 nitrogen and oxygen atoms in total. The summed E-state index contributed by atoms with van der Waals surface area (Å²) < 4.78 is 14.6. The van der Waals surface area contributed by atoms with Crippen molar-refractivity contribution in [3.63, 3.8) is 0 Å². The van der Waals surface area contributed by atoms with Gasteiger partial charge in [0.2, 0.25) is 5.76 Å². The zero-order valence-corrected chi connectivity index (χ0v) is 12.4. The average Bonchev–Trinajstić information content (AvgIpc) is 2.53. The van der Waals surface area contributed by atoms with Gasteiger partial charge in [-0.05, 0) is 5.53 Å². The van der Waals surface area contributed by atoms with Gasteiger partial charge in [-0.25, -0.2) is 4.79 Å². The number of carbonyl (C=O) groups excluding carboxylic acids is 2. The van der Waals surface area contributed by atoms with Crippen molar-refractivity contribution < 1.29 is 39.1 Å². The van der Waals surface area contributed by atoms with Gasteiger partial charge < -0.3 is 29.5 Å². The van der Waals surface area contributed by atoms with E-state index in [4.69, 9.17) is 20.1 Å². The minimum Gasteiger partial charge on any atom is -0.480 e. The van der Waals surface area contributed by atoms with Crippen molar-refractivity contribution >= 4 is 11.9 Å². The van der Waals surface area contributed by atoms with Crippen LogP contribution in [0.15, 0.2) is 16.9 Å². The van der Waals surface area contributed by atoms with Crippen LogP contribution in [0.2, 0.25) is 0 Å². The van der Waals surface area contributed by atoms with Gasteiger partial charge in [-0.15, -0.1) is 0 Å². The molecule has 0 spiro atoms. The molecule has 1 aliphatic rings. The molecule has 0 unspecified atom stereocenters. The minimum atomic E-state index is -1.72. The molecule has 0 bridgehead atoms. The van der Waals surface area contributed by atoms with Crippen LogP contribution in [0.3, 0.4) is 0 Å². The second-order valence-electron chi connectivity index (χ2n) is 4.62. The van der Waals surface area contributed by atoms with Gasteiger partial charge in [-0.1, -0.05) is 5.11 Å². The number of hydrogen-bond donors (Lipinski definition) is 3. The highest BCUT2D eigenvalue weighted by Crippen LogP contribution is 2.27. The van der Waals surface area contributed by atoms with Gasteiger partial charge in [0.25, 0.3) is 0 Å². The Morgan fingerprint density at radius 2 is 2.17 bits per heavy atom. The molecule has 0 aromatic rings. The van der Waals surface area contributed by atoms with E-state index in [0.29, 0.717) is 0 Å². The summed E-state index contributed by atoms with van der Waals surface area (Å²) in [6.07, 6.45) is -4.96. The van der Waals surface area contributed by atoms with Crippen LogP contribution >= 0.6 is 0 Å². The fourth-order valence-corrected chi connectivity index (χ4v) is 1.99. The van der Waals surface area contributed by atoms with E-state index in [0.717, 1.165) is 20.1 Å². The van der Waals surface area contributed by atoms with E-state index >= 15 is 0 Å². The first-order valence-electron chi connectivity index (χ1n) is 6.50. The van der Waals surface area contributed by atoms with Crippen molar-refractivity contribution in [2.75, 3.05) is 13.7 Å². The Labute approximate surface area is 130 Å². The Morgan fingerprint density at radius 3 is 2.65 bits per heavy atom. The number of nitrogens with zero attached hydrogens (tertiary/aromatic N) is 3. The van der Waals surface area contributed by atoms with Gasteiger partial charge in [-0.3, -0.25) is 4.79 Å². The van der Waals surface area contributed by atoms with Crippen molar-refractivity contribution in [2.24, 2.45) is 5.11 Å². The molecule has 1 aliphatic heterocycles. The first kappa shape index (κ1) is 18.7. The Hall–Kier alpha value is -2.33. The number of hydrogen-bond acceptors (Lipinski definition) is 9. The second kappa shape index (κ2) is 8.34. The molecule has 1 heterocycles. The second-order valence-corrected chi connectivity index (χ2v) is 4.62. The third kappa shape index (κ3) is 4.57. The van der Waals surface area contributed by atoms with E-state index in [1.54, 1.807) is 0 Å². The molecule has 3 N–H and O–H groups in total. The van der Waals surface area contributed by atoms with Crippen molar-refractivity contribution in [2.45, 2.75) is 37.4 Å². The maximum atomic E-state index is 11.6. The maximum absolute atomic E-state index is 11.6. The van der Waals surface area contributed by atoms with Crippen molar-refractivity contribution in [3.8, 4) is 0 Å². The lowest BCUT2D eigenvalue weighted by atomic mass is 9.94. The maximum Gasteiger partial charge on any atom is 0.373 e. The first-order valence-corrected chi connectivity index (χ1v) is 6.50. The molecule has 1 rings (SSSR count). The van der Waals surface area contributed by atoms with Crippen LogP contribution in [0, 0.1) is 0 Å². The Bertz CT molecular complexity index is 530. The van der Waals surface area contributed by atoms with Gasteiger partial charge in [0.05, 0.1) is 13.7 Å². The predicted octanol–water partition coefficient (Wildman–Crippen LogP) is -1.23. The van der Waals surface area contributed by atoms with Crippen LogP contribution in [0.5, 0.6) is 0 Å². The monoisotopic (exact) mass is 331 g/mol. The van der Waals surface area contributed by atoms with E-state index in [-0.39, 0.29) is 0 Å². The van der Waals surface area contributed by atoms with Crippen LogP contribution in [-0.2, 0) is 23.8 Å². The molecule has 128 valence electrons. The van der Waals surface area contributed by atoms with Crippen molar-refractivity contribution in [1.82, 2.24) is 0 Å². The Morgan fingerprint density at radius 1 is 1.52 bits per heavy atom. The summed E-state index contributed by atoms with van der Waals surface area (Å²) in [5.74, 6) is -2.04. The predicted molar refractivity (Wildman–Crippen MR) is 72.6 cm³/mol. The first-order chi connectivity index (χ1) is 10.8. The number of aliphatic hydroxyl groups excluding tert-OH is 3. The quantitative estimate of drug-likeness (QED) is 0.235. The Kier molecular flexibility index (Phi) is 6.79. The molecule has 0 saturated carbocycles. The van der Waals surface area contributed by atoms with Gasteiger partial charge in [0.15, 0.2) is 0 Å². The molecule has 11 heteroatoms. The van der Waals surface area contributed by atoms with Gasteiger partial charge >= 0.3 is 11.9 Å². The minimum absolute atomic E-state index is 0.391. The normalized spacial score (nSPS) is 26.0. The fourth-order valence-electron chi connectivity index (χ4n) is 1.99. The fraction of sp³-hybridized carbons (Fsp3) is 0.667. The molecule has 0 saturated heterocycles. The highest BCUT2D eigenvalue weighted by molar-refractivity contribution is 5.86. The number of methoxy groups -OCH3 is 1. The summed E-state index contributed by atoms with van der Waals surface area (Å²) in [5, 5.41) is 31.9. The number of rotatable bonds is 6. The third-order valence-electron chi connectivity index (χ3n) is 3.04. The molecular formula is C12H17N3O8. The van der Waals surface area contributed by atoms with E-state index in [1.165, 1.54) is 0 Å². The molecule has 0 radical (unpaired) electrons. The SMILES string of the molecule is COC(=O)C1=C[C@H](OC(C)=O)[C@@H](N=[N+]=[N-])[C@H]([C@H](O)[C@H](O)CO)O1. The third-order valence-corrected chi connectivity index (χ3v) is 3.04. The summed E-state index contributed by atoms with van der Waals surface area (Å²) in [5.41, 5.74) is 8.64. The molecular weight excluding hydrogens is 314 g/mol. The summed E-state index contributed by atoms with van der Waals surface area (Å²) >= 11 is 0. The van der Waals surface area contributed by atoms with Crippen molar-refractivity contribution in [3.05, 3.63) is 22.3 Å². The average molecular weight is 331 g/mol. The largest absolute Gasteiger partial charge is 0.480 e. The molecule has 0 amide bonds. The van der Waals surface area contributed by atoms with E-state index in [1.807, 2.05) is 0 Å². The molecule has 23 heavy (non-hydrogen) atoms. The van der Waals surface area contributed by atoms with Crippen LogP contribution in [-0.4, -0.2) is 71.4 Å². The van der Waals surface area contributed by atoms with Crippen LogP contribution in [0.1, 0.15) is 6.92 Å². The van der Waals surface area contributed by atoms with Crippen molar-refractivity contribution in [1.29, 1.82) is 0 Å². The summed E-state index contributed by atoms with van der Waals surface area (Å²) in [7, 11) is 1.08. The zero-order valence-electron chi connectivity index (χ0n) is 12.4. The van der Waals surface area contributed by atoms with Gasteiger partial charge in [0.1, 0.15) is 30.5 Å². The summed E-state index contributed by atoms with van der Waals surface area (Å²) in [6, 6.07) is -1.27.